The van der Waals surface area contributed by atoms with Gasteiger partial charge in [0.25, 0.3) is 5.22 Å². The zero-order valence-electron chi connectivity index (χ0n) is 15.7. The minimum absolute atomic E-state index is 0.127. The summed E-state index contributed by atoms with van der Waals surface area (Å²) in [5.74, 6) is 0.138. The van der Waals surface area contributed by atoms with Crippen molar-refractivity contribution < 1.29 is 13.6 Å². The summed E-state index contributed by atoms with van der Waals surface area (Å²) in [4.78, 5) is 12.3. The number of nitrogens with zero attached hydrogens (tertiary/aromatic N) is 2. The van der Waals surface area contributed by atoms with E-state index in [2.05, 4.69) is 27.8 Å². The van der Waals surface area contributed by atoms with Crippen LogP contribution in [-0.4, -0.2) is 21.9 Å². The number of aryl methyl sites for hydroxylation is 2. The summed E-state index contributed by atoms with van der Waals surface area (Å²) in [6, 6.07) is 12.0. The Labute approximate surface area is 166 Å². The molecule has 3 rings (SSSR count). The van der Waals surface area contributed by atoms with Gasteiger partial charge in [0.15, 0.2) is 0 Å². The number of thioether (sulfide) groups is 1. The molecule has 0 saturated heterocycles. The average Bonchev–Trinajstić information content (AvgIpc) is 3.15. The van der Waals surface area contributed by atoms with Crippen molar-refractivity contribution >= 4 is 29.0 Å². The Morgan fingerprint density at radius 2 is 1.96 bits per heavy atom. The van der Waals surface area contributed by atoms with Crippen LogP contribution < -0.4 is 10.6 Å². The standard InChI is InChI=1S/C20H21FN4O2S/c1-3-14-6-4-5-13(2)19(14)23-17(26)12-28-20-25-24-18(27-20)11-22-16-9-7-15(21)8-10-16/h4-10,22H,3,11-12H2,1-2H3,(H,23,26). The van der Waals surface area contributed by atoms with Crippen molar-refractivity contribution in [2.75, 3.05) is 16.4 Å². The van der Waals surface area contributed by atoms with Gasteiger partial charge in [-0.2, -0.15) is 0 Å². The summed E-state index contributed by atoms with van der Waals surface area (Å²) < 4.78 is 18.4. The van der Waals surface area contributed by atoms with Crippen LogP contribution in [0.4, 0.5) is 15.8 Å². The quantitative estimate of drug-likeness (QED) is 0.545. The first-order chi connectivity index (χ1) is 13.5. The van der Waals surface area contributed by atoms with E-state index >= 15 is 0 Å². The maximum absolute atomic E-state index is 12.9. The van der Waals surface area contributed by atoms with Crippen LogP contribution in [0.5, 0.6) is 0 Å². The molecule has 0 saturated carbocycles. The van der Waals surface area contributed by atoms with E-state index in [1.54, 1.807) is 12.1 Å². The van der Waals surface area contributed by atoms with Gasteiger partial charge in [-0.05, 0) is 48.7 Å². The fourth-order valence-corrected chi connectivity index (χ4v) is 3.20. The van der Waals surface area contributed by atoms with Crippen LogP contribution in [0.1, 0.15) is 23.9 Å². The molecule has 0 fully saturated rings. The van der Waals surface area contributed by atoms with Crippen LogP contribution in [0.2, 0.25) is 0 Å². The highest BCUT2D eigenvalue weighted by molar-refractivity contribution is 7.99. The smallest absolute Gasteiger partial charge is 0.277 e. The molecular formula is C20H21FN4O2S. The Morgan fingerprint density at radius 1 is 1.18 bits per heavy atom. The predicted molar refractivity (Wildman–Crippen MR) is 108 cm³/mol. The molecule has 8 heteroatoms. The molecule has 3 aromatic rings. The highest BCUT2D eigenvalue weighted by atomic mass is 32.2. The third kappa shape index (κ3) is 5.32. The van der Waals surface area contributed by atoms with E-state index in [-0.39, 0.29) is 17.5 Å². The number of rotatable bonds is 8. The van der Waals surface area contributed by atoms with Gasteiger partial charge >= 0.3 is 0 Å². The third-order valence-corrected chi connectivity index (χ3v) is 4.89. The molecule has 0 spiro atoms. The van der Waals surface area contributed by atoms with Crippen molar-refractivity contribution in [3.8, 4) is 0 Å². The topological polar surface area (TPSA) is 80.0 Å². The summed E-state index contributed by atoms with van der Waals surface area (Å²) >= 11 is 1.18. The lowest BCUT2D eigenvalue weighted by Gasteiger charge is -2.12. The molecule has 6 nitrogen and oxygen atoms in total. The Hall–Kier alpha value is -2.87. The van der Waals surface area contributed by atoms with Crippen molar-refractivity contribution in [2.45, 2.75) is 32.0 Å². The molecule has 0 aliphatic rings. The average molecular weight is 400 g/mol. The van der Waals surface area contributed by atoms with E-state index in [9.17, 15) is 9.18 Å². The van der Waals surface area contributed by atoms with E-state index in [0.29, 0.717) is 17.7 Å². The van der Waals surface area contributed by atoms with Gasteiger partial charge in [0.2, 0.25) is 11.8 Å². The van der Waals surface area contributed by atoms with E-state index in [1.807, 2.05) is 25.1 Å². The molecule has 0 aliphatic carbocycles. The van der Waals surface area contributed by atoms with Gasteiger partial charge in [-0.3, -0.25) is 4.79 Å². The second-order valence-corrected chi connectivity index (χ2v) is 7.05. The zero-order chi connectivity index (χ0) is 19.9. The van der Waals surface area contributed by atoms with Crippen LogP contribution in [0.15, 0.2) is 52.1 Å². The molecule has 2 N–H and O–H groups in total. The van der Waals surface area contributed by atoms with Crippen LogP contribution in [0, 0.1) is 12.7 Å². The summed E-state index contributed by atoms with van der Waals surface area (Å²) in [6.45, 7) is 4.34. The lowest BCUT2D eigenvalue weighted by atomic mass is 10.1. The number of benzene rings is 2. The lowest BCUT2D eigenvalue weighted by molar-refractivity contribution is -0.113. The molecule has 0 aliphatic heterocycles. The number of nitrogens with one attached hydrogen (secondary N) is 2. The first-order valence-corrected chi connectivity index (χ1v) is 9.86. The van der Waals surface area contributed by atoms with Crippen molar-refractivity contribution in [2.24, 2.45) is 0 Å². The van der Waals surface area contributed by atoms with Crippen LogP contribution >= 0.6 is 11.8 Å². The molecule has 2 aromatic carbocycles. The van der Waals surface area contributed by atoms with Gasteiger partial charge < -0.3 is 15.1 Å². The Kier molecular flexibility index (Phi) is 6.65. The highest BCUT2D eigenvalue weighted by Gasteiger charge is 2.12. The maximum Gasteiger partial charge on any atom is 0.277 e. The van der Waals surface area contributed by atoms with Crippen LogP contribution in [0.3, 0.4) is 0 Å². The minimum Gasteiger partial charge on any atom is -0.414 e. The number of anilines is 2. The Morgan fingerprint density at radius 3 is 2.71 bits per heavy atom. The lowest BCUT2D eigenvalue weighted by Crippen LogP contribution is -2.16. The zero-order valence-corrected chi connectivity index (χ0v) is 16.5. The van der Waals surface area contributed by atoms with Crippen LogP contribution in [-0.2, 0) is 17.8 Å². The molecule has 146 valence electrons. The number of hydrogen-bond acceptors (Lipinski definition) is 6. The van der Waals surface area contributed by atoms with E-state index in [4.69, 9.17) is 4.42 Å². The molecule has 0 radical (unpaired) electrons. The normalized spacial score (nSPS) is 10.7. The third-order valence-electron chi connectivity index (χ3n) is 4.07. The number of amides is 1. The first-order valence-electron chi connectivity index (χ1n) is 8.88. The molecule has 0 bridgehead atoms. The molecule has 1 heterocycles. The summed E-state index contributed by atoms with van der Waals surface area (Å²) in [7, 11) is 0. The number of carbonyl (C=O) groups excluding carboxylic acids is 1. The first kappa shape index (κ1) is 19.9. The Bertz CT molecular complexity index is 944. The van der Waals surface area contributed by atoms with E-state index in [0.717, 1.165) is 28.9 Å². The van der Waals surface area contributed by atoms with E-state index < -0.39 is 0 Å². The Balaban J connectivity index is 1.50. The molecule has 0 atom stereocenters. The van der Waals surface area contributed by atoms with Crippen molar-refractivity contribution in [3.05, 3.63) is 65.3 Å². The number of aromatic nitrogens is 2. The fourth-order valence-electron chi connectivity index (χ4n) is 2.62. The molecule has 0 unspecified atom stereocenters. The van der Waals surface area contributed by atoms with Crippen molar-refractivity contribution in [1.82, 2.24) is 10.2 Å². The van der Waals surface area contributed by atoms with E-state index in [1.165, 1.54) is 23.9 Å². The number of halogens is 1. The van der Waals surface area contributed by atoms with Gasteiger partial charge in [0.1, 0.15) is 5.82 Å². The molecule has 1 amide bonds. The fraction of sp³-hybridized carbons (Fsp3) is 0.250. The second kappa shape index (κ2) is 9.36. The molecular weight excluding hydrogens is 379 g/mol. The van der Waals surface area contributed by atoms with Gasteiger partial charge in [0.05, 0.1) is 12.3 Å². The summed E-state index contributed by atoms with van der Waals surface area (Å²) in [6.07, 6.45) is 0.846. The highest BCUT2D eigenvalue weighted by Crippen LogP contribution is 2.22. The maximum atomic E-state index is 12.9. The van der Waals surface area contributed by atoms with Gasteiger partial charge in [-0.15, -0.1) is 10.2 Å². The number of carbonyl (C=O) groups is 1. The molecule has 1 aromatic heterocycles. The SMILES string of the molecule is CCc1cccc(C)c1NC(=O)CSc1nnc(CNc2ccc(F)cc2)o1. The van der Waals surface area contributed by atoms with Gasteiger partial charge in [0, 0.05) is 11.4 Å². The van der Waals surface area contributed by atoms with Gasteiger partial charge in [-0.1, -0.05) is 36.9 Å². The summed E-state index contributed by atoms with van der Waals surface area (Å²) in [5.41, 5.74) is 3.75. The van der Waals surface area contributed by atoms with Crippen molar-refractivity contribution in [3.63, 3.8) is 0 Å². The minimum atomic E-state index is -0.294. The molecule has 28 heavy (non-hydrogen) atoms. The monoisotopic (exact) mass is 400 g/mol. The second-order valence-electron chi connectivity index (χ2n) is 6.12. The van der Waals surface area contributed by atoms with Crippen LogP contribution in [0.25, 0.3) is 0 Å². The summed E-state index contributed by atoms with van der Waals surface area (Å²) in [5, 5.41) is 14.2. The predicted octanol–water partition coefficient (Wildman–Crippen LogP) is 4.42. The van der Waals surface area contributed by atoms with Crippen molar-refractivity contribution in [1.29, 1.82) is 0 Å². The largest absolute Gasteiger partial charge is 0.414 e. The van der Waals surface area contributed by atoms with Gasteiger partial charge in [-0.25, -0.2) is 4.39 Å². The number of para-hydroxylation sites is 1. The number of hydrogen-bond donors (Lipinski definition) is 2.